The van der Waals surface area contributed by atoms with E-state index < -0.39 is 0 Å². The molecule has 1 aromatic rings. The zero-order valence-electron chi connectivity index (χ0n) is 10.5. The van der Waals surface area contributed by atoms with Gasteiger partial charge in [-0.1, -0.05) is 12.1 Å². The molecular weight excluding hydrogens is 228 g/mol. The highest BCUT2D eigenvalue weighted by Gasteiger charge is 2.15. The van der Waals surface area contributed by atoms with Gasteiger partial charge in [0.2, 0.25) is 0 Å². The molecule has 1 fully saturated rings. The quantitative estimate of drug-likeness (QED) is 0.844. The molecule has 3 N–H and O–H groups in total. The molecular formula is C14H20N2O2. The van der Waals surface area contributed by atoms with Crippen molar-refractivity contribution in [2.45, 2.75) is 19.4 Å². The second-order valence-electron chi connectivity index (χ2n) is 4.67. The van der Waals surface area contributed by atoms with Crippen molar-refractivity contribution >= 4 is 5.91 Å². The van der Waals surface area contributed by atoms with Crippen molar-refractivity contribution in [2.24, 2.45) is 11.7 Å². The third kappa shape index (κ3) is 3.55. The molecule has 1 heterocycles. The number of rotatable bonds is 4. The van der Waals surface area contributed by atoms with E-state index in [2.05, 4.69) is 5.32 Å². The number of nitrogens with one attached hydrogen (secondary N) is 1. The summed E-state index contributed by atoms with van der Waals surface area (Å²) in [6, 6.07) is 7.46. The molecule has 1 aromatic carbocycles. The Balaban J connectivity index is 1.86. The number of carbonyl (C=O) groups excluding carboxylic acids is 1. The van der Waals surface area contributed by atoms with Gasteiger partial charge in [-0.05, 0) is 36.5 Å². The molecule has 98 valence electrons. The second kappa shape index (κ2) is 6.52. The molecule has 0 atom stereocenters. The van der Waals surface area contributed by atoms with Gasteiger partial charge in [0.1, 0.15) is 0 Å². The van der Waals surface area contributed by atoms with Gasteiger partial charge >= 0.3 is 0 Å². The summed E-state index contributed by atoms with van der Waals surface area (Å²) < 4.78 is 5.29. The summed E-state index contributed by atoms with van der Waals surface area (Å²) in [4.78, 5) is 12.0. The van der Waals surface area contributed by atoms with Gasteiger partial charge in [-0.25, -0.2) is 0 Å². The first-order valence-electron chi connectivity index (χ1n) is 6.44. The number of hydrogen-bond acceptors (Lipinski definition) is 3. The van der Waals surface area contributed by atoms with Crippen LogP contribution in [0.3, 0.4) is 0 Å². The van der Waals surface area contributed by atoms with Crippen molar-refractivity contribution in [1.82, 2.24) is 5.32 Å². The maximum absolute atomic E-state index is 12.0. The van der Waals surface area contributed by atoms with Crippen LogP contribution in [0.5, 0.6) is 0 Å². The minimum absolute atomic E-state index is 0.0169. The topological polar surface area (TPSA) is 64.4 Å². The fourth-order valence-corrected chi connectivity index (χ4v) is 2.13. The zero-order chi connectivity index (χ0) is 12.8. The van der Waals surface area contributed by atoms with E-state index in [4.69, 9.17) is 10.5 Å². The maximum atomic E-state index is 12.0. The number of nitrogens with two attached hydrogens (primary N) is 1. The average Bonchev–Trinajstić information content (AvgIpc) is 2.46. The standard InChI is InChI=1S/C14H20N2O2/c15-9-12-2-1-3-13(8-12)14(17)16-10-11-4-6-18-7-5-11/h1-3,8,11H,4-7,9-10,15H2,(H,16,17). The Morgan fingerprint density at radius 1 is 1.39 bits per heavy atom. The van der Waals surface area contributed by atoms with Crippen LogP contribution in [-0.4, -0.2) is 25.7 Å². The van der Waals surface area contributed by atoms with Crippen LogP contribution in [0.4, 0.5) is 0 Å². The van der Waals surface area contributed by atoms with Crippen LogP contribution in [-0.2, 0) is 11.3 Å². The predicted octanol–water partition coefficient (Wildman–Crippen LogP) is 1.30. The third-order valence-corrected chi connectivity index (χ3v) is 3.32. The lowest BCUT2D eigenvalue weighted by molar-refractivity contribution is 0.0642. The summed E-state index contributed by atoms with van der Waals surface area (Å²) in [7, 11) is 0. The Morgan fingerprint density at radius 2 is 2.17 bits per heavy atom. The highest BCUT2D eigenvalue weighted by Crippen LogP contribution is 2.13. The normalized spacial score (nSPS) is 16.5. The molecule has 1 amide bonds. The Labute approximate surface area is 108 Å². The van der Waals surface area contributed by atoms with E-state index in [0.717, 1.165) is 38.2 Å². The van der Waals surface area contributed by atoms with E-state index in [-0.39, 0.29) is 5.91 Å². The van der Waals surface area contributed by atoms with Crippen molar-refractivity contribution in [1.29, 1.82) is 0 Å². The lowest BCUT2D eigenvalue weighted by atomic mass is 10.0. The van der Waals surface area contributed by atoms with Crippen LogP contribution >= 0.6 is 0 Å². The molecule has 2 rings (SSSR count). The molecule has 4 heteroatoms. The predicted molar refractivity (Wildman–Crippen MR) is 70.2 cm³/mol. The largest absolute Gasteiger partial charge is 0.381 e. The molecule has 0 unspecified atom stereocenters. The van der Waals surface area contributed by atoms with Crippen LogP contribution in [0, 0.1) is 5.92 Å². The molecule has 0 bridgehead atoms. The third-order valence-electron chi connectivity index (χ3n) is 3.32. The van der Waals surface area contributed by atoms with Gasteiger partial charge in [-0.3, -0.25) is 4.79 Å². The van der Waals surface area contributed by atoms with Crippen LogP contribution in [0.25, 0.3) is 0 Å². The lowest BCUT2D eigenvalue weighted by Gasteiger charge is -2.22. The number of hydrogen-bond donors (Lipinski definition) is 2. The van der Waals surface area contributed by atoms with Crippen LogP contribution in [0.15, 0.2) is 24.3 Å². The van der Waals surface area contributed by atoms with E-state index >= 15 is 0 Å². The Morgan fingerprint density at radius 3 is 2.89 bits per heavy atom. The molecule has 0 spiro atoms. The van der Waals surface area contributed by atoms with E-state index in [0.29, 0.717) is 18.0 Å². The van der Waals surface area contributed by atoms with Crippen LogP contribution in [0.1, 0.15) is 28.8 Å². The average molecular weight is 248 g/mol. The molecule has 4 nitrogen and oxygen atoms in total. The van der Waals surface area contributed by atoms with E-state index in [1.54, 1.807) is 0 Å². The zero-order valence-corrected chi connectivity index (χ0v) is 10.5. The molecule has 1 aliphatic rings. The van der Waals surface area contributed by atoms with Gasteiger partial charge in [0, 0.05) is 31.9 Å². The number of amides is 1. The molecule has 0 saturated carbocycles. The van der Waals surface area contributed by atoms with Crippen molar-refractivity contribution in [3.63, 3.8) is 0 Å². The van der Waals surface area contributed by atoms with Gasteiger partial charge in [0.15, 0.2) is 0 Å². The summed E-state index contributed by atoms with van der Waals surface area (Å²) in [6.07, 6.45) is 2.06. The summed E-state index contributed by atoms with van der Waals surface area (Å²) in [5, 5.41) is 2.98. The lowest BCUT2D eigenvalue weighted by Crippen LogP contribution is -2.32. The van der Waals surface area contributed by atoms with Crippen molar-refractivity contribution in [2.75, 3.05) is 19.8 Å². The van der Waals surface area contributed by atoms with Crippen molar-refractivity contribution in [3.05, 3.63) is 35.4 Å². The van der Waals surface area contributed by atoms with Gasteiger partial charge in [-0.15, -0.1) is 0 Å². The molecule has 1 saturated heterocycles. The summed E-state index contributed by atoms with van der Waals surface area (Å²) >= 11 is 0. The highest BCUT2D eigenvalue weighted by molar-refractivity contribution is 5.94. The Kier molecular flexibility index (Phi) is 4.73. The summed E-state index contributed by atoms with van der Waals surface area (Å²) in [5.41, 5.74) is 7.23. The van der Waals surface area contributed by atoms with Gasteiger partial charge < -0.3 is 15.8 Å². The van der Waals surface area contributed by atoms with Crippen molar-refractivity contribution < 1.29 is 9.53 Å². The molecule has 0 aromatic heterocycles. The van der Waals surface area contributed by atoms with Crippen LogP contribution in [0.2, 0.25) is 0 Å². The first-order chi connectivity index (χ1) is 8.79. The Bertz CT molecular complexity index is 401. The summed E-state index contributed by atoms with van der Waals surface area (Å²) in [6.45, 7) is 2.81. The minimum atomic E-state index is -0.0169. The minimum Gasteiger partial charge on any atom is -0.381 e. The molecule has 18 heavy (non-hydrogen) atoms. The fourth-order valence-electron chi connectivity index (χ4n) is 2.13. The highest BCUT2D eigenvalue weighted by atomic mass is 16.5. The SMILES string of the molecule is NCc1cccc(C(=O)NCC2CCOCC2)c1. The Hall–Kier alpha value is -1.39. The first kappa shape index (κ1) is 13.1. The van der Waals surface area contributed by atoms with E-state index in [1.165, 1.54) is 0 Å². The van der Waals surface area contributed by atoms with Crippen molar-refractivity contribution in [3.8, 4) is 0 Å². The number of carbonyl (C=O) groups is 1. The van der Waals surface area contributed by atoms with Gasteiger partial charge in [-0.2, -0.15) is 0 Å². The van der Waals surface area contributed by atoms with Gasteiger partial charge in [0.05, 0.1) is 0 Å². The first-order valence-corrected chi connectivity index (χ1v) is 6.44. The van der Waals surface area contributed by atoms with Gasteiger partial charge in [0.25, 0.3) is 5.91 Å². The number of benzene rings is 1. The van der Waals surface area contributed by atoms with E-state index in [1.807, 2.05) is 24.3 Å². The van der Waals surface area contributed by atoms with Crippen LogP contribution < -0.4 is 11.1 Å². The maximum Gasteiger partial charge on any atom is 0.251 e. The fraction of sp³-hybridized carbons (Fsp3) is 0.500. The molecule has 0 aliphatic carbocycles. The molecule has 0 radical (unpaired) electrons. The summed E-state index contributed by atoms with van der Waals surface area (Å²) in [5.74, 6) is 0.525. The van der Waals surface area contributed by atoms with E-state index in [9.17, 15) is 4.79 Å². The molecule has 1 aliphatic heterocycles. The number of ether oxygens (including phenoxy) is 1. The second-order valence-corrected chi connectivity index (χ2v) is 4.67. The smallest absolute Gasteiger partial charge is 0.251 e. The monoisotopic (exact) mass is 248 g/mol.